The highest BCUT2D eigenvalue weighted by Gasteiger charge is 2.35. The summed E-state index contributed by atoms with van der Waals surface area (Å²) in [4.78, 5) is 0. The number of methoxy groups -OCH3 is 3. The Morgan fingerprint density at radius 1 is 0.588 bits per heavy atom. The maximum Gasteiger partial charge on any atom is 0.118 e. The van der Waals surface area contributed by atoms with E-state index in [-0.39, 0.29) is 5.41 Å². The molecule has 0 fully saturated rings. The first-order valence-corrected chi connectivity index (χ1v) is 11.2. The highest BCUT2D eigenvalue weighted by molar-refractivity contribution is 6.08. The fourth-order valence-electron chi connectivity index (χ4n) is 3.82. The maximum absolute atomic E-state index is 5.41. The van der Waals surface area contributed by atoms with Crippen molar-refractivity contribution in [2.75, 3.05) is 49.5 Å². The Kier molecular flexibility index (Phi) is 10.1. The quantitative estimate of drug-likeness (QED) is 0.256. The third kappa shape index (κ3) is 7.29. The van der Waals surface area contributed by atoms with Crippen LogP contribution in [0.4, 0.5) is 0 Å². The van der Waals surface area contributed by atoms with E-state index >= 15 is 0 Å². The molecule has 3 rings (SSSR count). The Labute approximate surface area is 207 Å². The van der Waals surface area contributed by atoms with Gasteiger partial charge in [-0.15, -0.1) is 0 Å². The number of quaternary nitrogens is 1. The third-order valence-electron chi connectivity index (χ3n) is 5.30. The lowest BCUT2D eigenvalue weighted by molar-refractivity contribution is -0.849. The van der Waals surface area contributed by atoms with Crippen molar-refractivity contribution >= 4 is 7.85 Å². The summed E-state index contributed by atoms with van der Waals surface area (Å²) in [5, 5.41) is 0. The van der Waals surface area contributed by atoms with Gasteiger partial charge in [0.25, 0.3) is 0 Å². The molecule has 0 radical (unpaired) electrons. The fraction of sp³-hybridized carbons (Fsp3) is 0.379. The summed E-state index contributed by atoms with van der Waals surface area (Å²) in [7, 11) is 14.0. The number of hydrogen-bond acceptors (Lipinski definition) is 3. The van der Waals surface area contributed by atoms with Gasteiger partial charge < -0.3 is 18.7 Å². The Balaban J connectivity index is 0.000000739. The summed E-state index contributed by atoms with van der Waals surface area (Å²) in [6.07, 6.45) is 3.68. The van der Waals surface area contributed by atoms with E-state index in [1.54, 1.807) is 21.3 Å². The molecule has 0 saturated carbocycles. The Bertz CT molecular complexity index is 856. The minimum Gasteiger partial charge on any atom is -0.497 e. The van der Waals surface area contributed by atoms with Crippen LogP contribution in [0.1, 0.15) is 29.5 Å². The third-order valence-corrected chi connectivity index (χ3v) is 5.30. The van der Waals surface area contributed by atoms with Crippen LogP contribution in [0.25, 0.3) is 0 Å². The Hall–Kier alpha value is -2.92. The van der Waals surface area contributed by atoms with E-state index in [2.05, 4.69) is 101 Å². The second-order valence-corrected chi connectivity index (χ2v) is 9.38. The predicted molar refractivity (Wildman–Crippen MR) is 147 cm³/mol. The molecule has 0 aliphatic heterocycles. The summed E-state index contributed by atoms with van der Waals surface area (Å²) < 4.78 is 17.2. The number of nitrogens with zero attached hydrogens (tertiary/aromatic N) is 1. The van der Waals surface area contributed by atoms with E-state index in [1.807, 2.05) is 0 Å². The van der Waals surface area contributed by atoms with Crippen LogP contribution in [0.15, 0.2) is 72.8 Å². The maximum atomic E-state index is 5.41. The van der Waals surface area contributed by atoms with Gasteiger partial charge in [0.2, 0.25) is 0 Å². The molecule has 0 N–H and O–H groups in total. The van der Waals surface area contributed by atoms with Gasteiger partial charge in [-0.25, -0.2) is 0 Å². The van der Waals surface area contributed by atoms with Gasteiger partial charge in [-0.3, -0.25) is 0 Å². The van der Waals surface area contributed by atoms with Crippen molar-refractivity contribution in [2.24, 2.45) is 0 Å². The first kappa shape index (κ1) is 27.3. The molecule has 0 amide bonds. The molecule has 0 aliphatic rings. The van der Waals surface area contributed by atoms with Gasteiger partial charge in [-0.05, 0) is 67.4 Å². The normalized spacial score (nSPS) is 11.3. The lowest BCUT2D eigenvalue weighted by Crippen LogP contribution is -2.29. The van der Waals surface area contributed by atoms with Gasteiger partial charge >= 0.3 is 0 Å². The number of hydrogen-bond donors (Lipinski definition) is 0. The number of rotatable bonds is 9. The van der Waals surface area contributed by atoms with Gasteiger partial charge in [0, 0.05) is 5.41 Å². The predicted octanol–water partition coefficient (Wildman–Crippen LogP) is 4.93. The van der Waals surface area contributed by atoms with Crippen molar-refractivity contribution in [1.29, 1.82) is 0 Å². The van der Waals surface area contributed by atoms with Crippen molar-refractivity contribution in [3.63, 3.8) is 0 Å². The molecule has 0 spiro atoms. The largest absolute Gasteiger partial charge is 0.497 e. The zero-order chi connectivity index (χ0) is 25.2. The van der Waals surface area contributed by atoms with Gasteiger partial charge in [0.05, 0.1) is 49.5 Å². The van der Waals surface area contributed by atoms with Crippen LogP contribution in [0, 0.1) is 0 Å². The van der Waals surface area contributed by atoms with Crippen molar-refractivity contribution < 1.29 is 18.7 Å². The summed E-state index contributed by atoms with van der Waals surface area (Å²) in [6.45, 7) is 0. The Morgan fingerprint density at radius 3 is 1.06 bits per heavy atom. The van der Waals surface area contributed by atoms with E-state index in [0.29, 0.717) is 7.85 Å². The highest BCUT2D eigenvalue weighted by atomic mass is 16.5. The van der Waals surface area contributed by atoms with Crippen LogP contribution in [-0.4, -0.2) is 61.8 Å². The van der Waals surface area contributed by atoms with Crippen molar-refractivity contribution in [3.05, 3.63) is 89.5 Å². The average molecular weight is 463 g/mol. The molecule has 0 saturated heterocycles. The minimum absolute atomic E-state index is 0.223. The fourth-order valence-corrected chi connectivity index (χ4v) is 3.82. The van der Waals surface area contributed by atoms with Gasteiger partial charge in [-0.2, -0.15) is 6.32 Å². The number of ether oxygens (including phenoxy) is 3. The minimum atomic E-state index is -0.223. The molecule has 0 heterocycles. The van der Waals surface area contributed by atoms with E-state index in [0.717, 1.165) is 28.2 Å². The molecule has 0 aromatic heterocycles. The molecule has 3 aromatic carbocycles. The first-order chi connectivity index (χ1) is 16.2. The topological polar surface area (TPSA) is 27.7 Å². The lowest BCUT2D eigenvalue weighted by Gasteiger charge is -2.37. The van der Waals surface area contributed by atoms with Crippen molar-refractivity contribution in [2.45, 2.75) is 24.6 Å². The molecule has 0 aliphatic carbocycles. The van der Waals surface area contributed by atoms with Crippen LogP contribution in [0.2, 0.25) is 6.32 Å². The van der Waals surface area contributed by atoms with E-state index in [4.69, 9.17) is 14.2 Å². The smallest absolute Gasteiger partial charge is 0.118 e. The summed E-state index contributed by atoms with van der Waals surface area (Å²) in [5.41, 5.74) is 3.62. The molecule has 34 heavy (non-hydrogen) atoms. The van der Waals surface area contributed by atoms with Crippen LogP contribution in [0.5, 0.6) is 17.2 Å². The molecule has 0 bridgehead atoms. The second kappa shape index (κ2) is 12.5. The SMILES string of the molecule is C[N+](C)(C)C.[BH3-]CCCC(c1ccc(OC)cc1)(c1ccc(OC)cc1)c1ccc(OC)cc1. The van der Waals surface area contributed by atoms with Crippen LogP contribution in [-0.2, 0) is 5.41 Å². The van der Waals surface area contributed by atoms with E-state index in [9.17, 15) is 0 Å². The monoisotopic (exact) mass is 463 g/mol. The van der Waals surface area contributed by atoms with Gasteiger partial charge in [0.15, 0.2) is 0 Å². The lowest BCUT2D eigenvalue weighted by atomic mass is 9.66. The van der Waals surface area contributed by atoms with E-state index < -0.39 is 0 Å². The van der Waals surface area contributed by atoms with Gasteiger partial charge in [0.1, 0.15) is 17.2 Å². The molecular formula is C29H42BNO3. The molecule has 4 nitrogen and oxygen atoms in total. The van der Waals surface area contributed by atoms with Crippen LogP contribution < -0.4 is 14.2 Å². The summed E-state index contributed by atoms with van der Waals surface area (Å²) in [5.74, 6) is 2.63. The second-order valence-electron chi connectivity index (χ2n) is 9.38. The molecule has 0 atom stereocenters. The zero-order valence-electron chi connectivity index (χ0n) is 21.2. The average Bonchev–Trinajstić information content (AvgIpc) is 2.84. The molecule has 0 unspecified atom stereocenters. The molecule has 184 valence electrons. The first-order valence-electron chi connectivity index (χ1n) is 11.2. The zero-order valence-corrected chi connectivity index (χ0v) is 21.2. The summed E-state index contributed by atoms with van der Waals surface area (Å²) in [6, 6.07) is 25.6. The van der Waals surface area contributed by atoms with Crippen molar-refractivity contribution in [1.82, 2.24) is 0 Å². The highest BCUT2D eigenvalue weighted by Crippen LogP contribution is 2.44. The van der Waals surface area contributed by atoms with E-state index in [1.165, 1.54) is 29.4 Å². The molecular weight excluding hydrogens is 421 g/mol. The molecule has 5 heteroatoms. The van der Waals surface area contributed by atoms with Crippen LogP contribution >= 0.6 is 0 Å². The van der Waals surface area contributed by atoms with Crippen molar-refractivity contribution in [3.8, 4) is 17.2 Å². The van der Waals surface area contributed by atoms with Crippen LogP contribution in [0.3, 0.4) is 0 Å². The van der Waals surface area contributed by atoms with Gasteiger partial charge in [-0.1, -0.05) is 42.8 Å². The number of benzene rings is 3. The summed E-state index contributed by atoms with van der Waals surface area (Å²) >= 11 is 0. The Morgan fingerprint density at radius 2 is 0.853 bits per heavy atom. The standard InChI is InChI=1S/C25H30BO3.C4H12N/c1-27-22-11-5-19(6-12-22)25(17-4-18-26,20-7-13-23(28-2)14-8-20)21-9-15-24(29-3)16-10-21;1-5(2,3)4/h5-16H,4,17-18H2,1-3,26H3;1-4H3/q-1;+1. The molecule has 3 aromatic rings.